The van der Waals surface area contributed by atoms with Gasteiger partial charge in [-0.05, 0) is 55.1 Å². The third kappa shape index (κ3) is 3.97. The van der Waals surface area contributed by atoms with E-state index in [1.807, 2.05) is 12.3 Å². The maximum Gasteiger partial charge on any atom is 0.0935 e. The SMILES string of the molecule is CN(c1cccc2cccnc12)[C@@H]1C2CCN(CC2)[C@@H]1C(c1ccccc1)c1ccccc1.Cl. The molecule has 4 heterocycles. The van der Waals surface area contributed by atoms with Gasteiger partial charge in [-0.25, -0.2) is 0 Å². The van der Waals surface area contributed by atoms with E-state index in [9.17, 15) is 0 Å². The van der Waals surface area contributed by atoms with E-state index in [1.54, 1.807) is 0 Å². The highest BCUT2D eigenvalue weighted by Gasteiger charge is 2.48. The van der Waals surface area contributed by atoms with Gasteiger partial charge in [0.05, 0.1) is 11.2 Å². The third-order valence-corrected chi connectivity index (χ3v) is 7.93. The van der Waals surface area contributed by atoms with E-state index in [2.05, 4.69) is 102 Å². The van der Waals surface area contributed by atoms with Gasteiger partial charge in [-0.1, -0.05) is 78.9 Å². The van der Waals surface area contributed by atoms with Gasteiger partial charge in [-0.3, -0.25) is 9.88 Å². The molecule has 7 rings (SSSR count). The molecule has 0 saturated carbocycles. The lowest BCUT2D eigenvalue weighted by Gasteiger charge is -2.56. The van der Waals surface area contributed by atoms with Crippen molar-refractivity contribution in [1.29, 1.82) is 0 Å². The first kappa shape index (κ1) is 22.9. The highest BCUT2D eigenvalue weighted by atomic mass is 35.5. The van der Waals surface area contributed by atoms with Gasteiger partial charge in [0.15, 0.2) is 0 Å². The number of halogens is 1. The smallest absolute Gasteiger partial charge is 0.0935 e. The molecule has 174 valence electrons. The van der Waals surface area contributed by atoms with Gasteiger partial charge in [0.25, 0.3) is 0 Å². The number of anilines is 1. The Hall–Kier alpha value is -2.88. The second kappa shape index (κ2) is 9.77. The zero-order chi connectivity index (χ0) is 22.2. The molecule has 0 spiro atoms. The van der Waals surface area contributed by atoms with Crippen molar-refractivity contribution in [3.05, 3.63) is 108 Å². The Labute approximate surface area is 208 Å². The molecular formula is C30H32ClN3. The van der Waals surface area contributed by atoms with Gasteiger partial charge < -0.3 is 4.90 Å². The van der Waals surface area contributed by atoms with E-state index >= 15 is 0 Å². The number of rotatable bonds is 5. The van der Waals surface area contributed by atoms with Crippen LogP contribution >= 0.6 is 12.4 Å². The maximum absolute atomic E-state index is 4.79. The number of hydrogen-bond acceptors (Lipinski definition) is 3. The molecular weight excluding hydrogens is 438 g/mol. The summed E-state index contributed by atoms with van der Waals surface area (Å²) in [5, 5.41) is 1.21. The predicted octanol–water partition coefficient (Wildman–Crippen LogP) is 6.39. The minimum Gasteiger partial charge on any atom is -0.368 e. The normalized spacial score (nSPS) is 23.6. The lowest BCUT2D eigenvalue weighted by atomic mass is 9.70. The van der Waals surface area contributed by atoms with Crippen LogP contribution in [0.3, 0.4) is 0 Å². The van der Waals surface area contributed by atoms with Crippen molar-refractivity contribution < 1.29 is 0 Å². The second-order valence-electron chi connectivity index (χ2n) is 9.62. The molecule has 0 unspecified atom stereocenters. The Morgan fingerprint density at radius 2 is 1.41 bits per heavy atom. The molecule has 0 N–H and O–H groups in total. The zero-order valence-corrected chi connectivity index (χ0v) is 20.4. The summed E-state index contributed by atoms with van der Waals surface area (Å²) in [6.07, 6.45) is 4.48. The molecule has 3 aliphatic rings. The van der Waals surface area contributed by atoms with E-state index < -0.39 is 0 Å². The van der Waals surface area contributed by atoms with E-state index in [0.29, 0.717) is 23.9 Å². The van der Waals surface area contributed by atoms with E-state index in [1.165, 1.54) is 48.1 Å². The zero-order valence-electron chi connectivity index (χ0n) is 19.6. The molecule has 3 saturated heterocycles. The predicted molar refractivity (Wildman–Crippen MR) is 144 cm³/mol. The first-order valence-electron chi connectivity index (χ1n) is 12.2. The van der Waals surface area contributed by atoms with Gasteiger partial charge >= 0.3 is 0 Å². The molecule has 4 aromatic rings. The van der Waals surface area contributed by atoms with Crippen LogP contribution in [0.1, 0.15) is 29.9 Å². The summed E-state index contributed by atoms with van der Waals surface area (Å²) in [5.41, 5.74) is 5.18. The molecule has 2 atom stereocenters. The summed E-state index contributed by atoms with van der Waals surface area (Å²) < 4.78 is 0. The summed E-state index contributed by atoms with van der Waals surface area (Å²) >= 11 is 0. The van der Waals surface area contributed by atoms with Crippen LogP contribution in [0.4, 0.5) is 5.69 Å². The van der Waals surface area contributed by atoms with Crippen LogP contribution in [0.2, 0.25) is 0 Å². The molecule has 3 aliphatic heterocycles. The fraction of sp³-hybridized carbons (Fsp3) is 0.300. The Balaban J connectivity index is 0.00000241. The minimum absolute atomic E-state index is 0. The van der Waals surface area contributed by atoms with Crippen molar-refractivity contribution in [2.75, 3.05) is 25.0 Å². The number of piperidine rings is 3. The number of para-hydroxylation sites is 1. The first-order valence-corrected chi connectivity index (χ1v) is 12.2. The first-order chi connectivity index (χ1) is 16.3. The lowest BCUT2D eigenvalue weighted by molar-refractivity contribution is 0.0187. The largest absolute Gasteiger partial charge is 0.368 e. The second-order valence-corrected chi connectivity index (χ2v) is 9.62. The Morgan fingerprint density at radius 3 is 2.06 bits per heavy atom. The molecule has 2 bridgehead atoms. The van der Waals surface area contributed by atoms with Gasteiger partial charge in [-0.2, -0.15) is 0 Å². The summed E-state index contributed by atoms with van der Waals surface area (Å²) in [4.78, 5) is 10.1. The fourth-order valence-corrected chi connectivity index (χ4v) is 6.45. The number of aromatic nitrogens is 1. The summed E-state index contributed by atoms with van der Waals surface area (Å²) in [6.45, 7) is 2.40. The van der Waals surface area contributed by atoms with Crippen LogP contribution in [0.5, 0.6) is 0 Å². The van der Waals surface area contributed by atoms with Crippen LogP contribution < -0.4 is 4.90 Å². The van der Waals surface area contributed by atoms with Gasteiger partial charge in [0.2, 0.25) is 0 Å². The fourth-order valence-electron chi connectivity index (χ4n) is 6.45. The monoisotopic (exact) mass is 469 g/mol. The molecule has 3 nitrogen and oxygen atoms in total. The van der Waals surface area contributed by atoms with Crippen LogP contribution in [-0.4, -0.2) is 42.1 Å². The number of likely N-dealkylation sites (N-methyl/N-ethyl adjacent to an activating group) is 1. The minimum atomic E-state index is 0. The number of fused-ring (bicyclic) bond motifs is 4. The van der Waals surface area contributed by atoms with E-state index in [4.69, 9.17) is 4.98 Å². The van der Waals surface area contributed by atoms with Crippen LogP contribution in [0, 0.1) is 5.92 Å². The molecule has 0 radical (unpaired) electrons. The number of benzene rings is 3. The molecule has 1 aromatic heterocycles. The molecule has 3 fully saturated rings. The number of nitrogens with zero attached hydrogens (tertiary/aromatic N) is 3. The Bertz CT molecular complexity index is 1180. The Kier molecular flexibility index (Phi) is 6.58. The quantitative estimate of drug-likeness (QED) is 0.337. The summed E-state index contributed by atoms with van der Waals surface area (Å²) in [5.74, 6) is 1.03. The molecule has 3 aromatic carbocycles. The number of hydrogen-bond donors (Lipinski definition) is 0. The van der Waals surface area contributed by atoms with Gasteiger partial charge in [0, 0.05) is 36.6 Å². The summed E-state index contributed by atoms with van der Waals surface area (Å²) in [6, 6.07) is 33.9. The van der Waals surface area contributed by atoms with Gasteiger partial charge in [-0.15, -0.1) is 12.4 Å². The van der Waals surface area contributed by atoms with Crippen molar-refractivity contribution in [2.45, 2.75) is 30.8 Å². The van der Waals surface area contributed by atoms with Crippen molar-refractivity contribution in [2.24, 2.45) is 5.92 Å². The van der Waals surface area contributed by atoms with Crippen LogP contribution in [-0.2, 0) is 0 Å². The average molecular weight is 470 g/mol. The summed E-state index contributed by atoms with van der Waals surface area (Å²) in [7, 11) is 2.30. The molecule has 0 amide bonds. The molecule has 0 aliphatic carbocycles. The van der Waals surface area contributed by atoms with Crippen molar-refractivity contribution in [1.82, 2.24) is 9.88 Å². The van der Waals surface area contributed by atoms with E-state index in [-0.39, 0.29) is 12.4 Å². The van der Waals surface area contributed by atoms with Crippen LogP contribution in [0.15, 0.2) is 97.2 Å². The van der Waals surface area contributed by atoms with Crippen molar-refractivity contribution in [3.8, 4) is 0 Å². The van der Waals surface area contributed by atoms with Gasteiger partial charge in [0.1, 0.15) is 0 Å². The highest BCUT2D eigenvalue weighted by molar-refractivity contribution is 5.90. The molecule has 34 heavy (non-hydrogen) atoms. The van der Waals surface area contributed by atoms with Crippen LogP contribution in [0.25, 0.3) is 10.9 Å². The Morgan fingerprint density at radius 1 is 0.794 bits per heavy atom. The lowest BCUT2D eigenvalue weighted by Crippen LogP contribution is -2.65. The highest BCUT2D eigenvalue weighted by Crippen LogP contribution is 2.45. The molecule has 4 heteroatoms. The van der Waals surface area contributed by atoms with Crippen molar-refractivity contribution in [3.63, 3.8) is 0 Å². The third-order valence-electron chi connectivity index (χ3n) is 7.93. The van der Waals surface area contributed by atoms with Crippen molar-refractivity contribution >= 4 is 29.0 Å². The van der Waals surface area contributed by atoms with E-state index in [0.717, 1.165) is 5.52 Å². The average Bonchev–Trinajstić information content (AvgIpc) is 2.90. The number of pyridine rings is 1. The standard InChI is InChI=1S/C30H31N3.ClH/c1-32(26-16-8-14-24-15-9-19-31-28(24)26)29-25-17-20-33(21-18-25)30(29)27(22-10-4-2-5-11-22)23-12-6-3-7-13-23;/h2-16,19,25,27,29-30H,17-18,20-21H2,1H3;1H/t29-,30-;/m1./s1. The topological polar surface area (TPSA) is 19.4 Å². The maximum atomic E-state index is 4.79.